The van der Waals surface area contributed by atoms with Gasteiger partial charge in [0, 0.05) is 5.69 Å². The van der Waals surface area contributed by atoms with Crippen molar-refractivity contribution in [2.75, 3.05) is 17.3 Å². The Morgan fingerprint density at radius 2 is 1.57 bits per heavy atom. The third-order valence-corrected chi connectivity index (χ3v) is 6.40. The summed E-state index contributed by atoms with van der Waals surface area (Å²) in [5, 5.41) is 2.85. The van der Waals surface area contributed by atoms with E-state index in [0.29, 0.717) is 11.4 Å². The van der Waals surface area contributed by atoms with Crippen LogP contribution in [0.2, 0.25) is 0 Å². The number of anilines is 2. The second-order valence-corrected chi connectivity index (χ2v) is 8.13. The molecule has 2 fully saturated rings. The molecule has 4 atom stereocenters. The average Bonchev–Trinajstić information content (AvgIpc) is 3.43. The summed E-state index contributed by atoms with van der Waals surface area (Å²) in [7, 11) is 1.59. The quantitative estimate of drug-likeness (QED) is 0.616. The lowest BCUT2D eigenvalue weighted by Crippen LogP contribution is -2.32. The minimum absolute atomic E-state index is 0.0909. The summed E-state index contributed by atoms with van der Waals surface area (Å²) in [5.41, 5.74) is 2.09. The van der Waals surface area contributed by atoms with Crippen LogP contribution in [0.4, 0.5) is 11.4 Å². The van der Waals surface area contributed by atoms with Crippen molar-refractivity contribution in [2.24, 2.45) is 23.7 Å². The van der Waals surface area contributed by atoms with Crippen molar-refractivity contribution in [3.8, 4) is 5.75 Å². The van der Waals surface area contributed by atoms with E-state index in [4.69, 9.17) is 4.74 Å². The molecule has 1 saturated carbocycles. The van der Waals surface area contributed by atoms with Gasteiger partial charge in [0.05, 0.1) is 31.1 Å². The minimum Gasteiger partial charge on any atom is -0.497 e. The molecule has 2 aromatic carbocycles. The summed E-state index contributed by atoms with van der Waals surface area (Å²) in [4.78, 5) is 39.5. The van der Waals surface area contributed by atoms with Gasteiger partial charge in [-0.1, -0.05) is 24.3 Å². The van der Waals surface area contributed by atoms with Crippen molar-refractivity contribution in [2.45, 2.75) is 12.8 Å². The number of hydrogen-bond donors (Lipinski definition) is 1. The highest BCUT2D eigenvalue weighted by Gasteiger charge is 2.59. The van der Waals surface area contributed by atoms with Gasteiger partial charge in [-0.25, -0.2) is 0 Å². The van der Waals surface area contributed by atoms with Gasteiger partial charge in [0.15, 0.2) is 0 Å². The van der Waals surface area contributed by atoms with Gasteiger partial charge < -0.3 is 10.1 Å². The summed E-state index contributed by atoms with van der Waals surface area (Å²) in [6.07, 6.45) is 5.30. The monoisotopic (exact) mass is 402 g/mol. The number of allylic oxidation sites excluding steroid dienone is 2. The molecule has 152 valence electrons. The van der Waals surface area contributed by atoms with Gasteiger partial charge in [0.25, 0.3) is 0 Å². The van der Waals surface area contributed by atoms with Gasteiger partial charge >= 0.3 is 0 Å². The molecule has 2 bridgehead atoms. The molecular weight excluding hydrogens is 380 g/mol. The van der Waals surface area contributed by atoms with Crippen molar-refractivity contribution in [3.05, 3.63) is 66.2 Å². The number of rotatable bonds is 5. The summed E-state index contributed by atoms with van der Waals surface area (Å²) in [6, 6.07) is 14.2. The first-order valence-corrected chi connectivity index (χ1v) is 10.1. The first-order valence-electron chi connectivity index (χ1n) is 10.1. The molecule has 6 heteroatoms. The Bertz CT molecular complexity index is 1010. The number of ether oxygens (including phenoxy) is 1. The van der Waals surface area contributed by atoms with E-state index in [1.807, 2.05) is 0 Å². The zero-order valence-electron chi connectivity index (χ0n) is 16.6. The number of nitrogens with one attached hydrogen (secondary N) is 1. The molecule has 2 aromatic rings. The van der Waals surface area contributed by atoms with Gasteiger partial charge in [-0.15, -0.1) is 0 Å². The van der Waals surface area contributed by atoms with Gasteiger partial charge in [0.2, 0.25) is 17.7 Å². The maximum Gasteiger partial charge on any atom is 0.238 e. The topological polar surface area (TPSA) is 75.7 Å². The van der Waals surface area contributed by atoms with E-state index >= 15 is 0 Å². The van der Waals surface area contributed by atoms with Crippen molar-refractivity contribution in [1.82, 2.24) is 0 Å². The predicted octanol–water partition coefficient (Wildman–Crippen LogP) is 3.19. The van der Waals surface area contributed by atoms with Gasteiger partial charge in [0.1, 0.15) is 5.75 Å². The van der Waals surface area contributed by atoms with Crippen LogP contribution in [0.25, 0.3) is 0 Å². The Labute approximate surface area is 174 Å². The van der Waals surface area contributed by atoms with Gasteiger partial charge in [-0.3, -0.25) is 19.3 Å². The molecule has 1 heterocycles. The van der Waals surface area contributed by atoms with Crippen LogP contribution >= 0.6 is 0 Å². The number of methoxy groups -OCH3 is 1. The maximum absolute atomic E-state index is 12.9. The Morgan fingerprint density at radius 1 is 0.967 bits per heavy atom. The largest absolute Gasteiger partial charge is 0.497 e. The zero-order chi connectivity index (χ0) is 20.8. The molecule has 0 aromatic heterocycles. The molecule has 1 saturated heterocycles. The third kappa shape index (κ3) is 3.00. The molecule has 0 spiro atoms. The van der Waals surface area contributed by atoms with E-state index in [-0.39, 0.29) is 47.8 Å². The summed E-state index contributed by atoms with van der Waals surface area (Å²) in [5.74, 6) is 0.384. The van der Waals surface area contributed by atoms with Crippen LogP contribution in [0.15, 0.2) is 60.7 Å². The number of benzene rings is 2. The van der Waals surface area contributed by atoms with Gasteiger partial charge in [-0.2, -0.15) is 0 Å². The van der Waals surface area contributed by atoms with Crippen molar-refractivity contribution >= 4 is 29.1 Å². The fourth-order valence-electron chi connectivity index (χ4n) is 4.98. The minimum atomic E-state index is -0.206. The van der Waals surface area contributed by atoms with Crippen LogP contribution in [0, 0.1) is 23.7 Å². The second-order valence-electron chi connectivity index (χ2n) is 8.13. The average molecular weight is 402 g/mol. The smallest absolute Gasteiger partial charge is 0.238 e. The molecule has 3 amide bonds. The van der Waals surface area contributed by atoms with E-state index < -0.39 is 0 Å². The van der Waals surface area contributed by atoms with E-state index in [9.17, 15) is 14.4 Å². The Balaban J connectivity index is 1.25. The number of carbonyl (C=O) groups excluding carboxylic acids is 3. The van der Waals surface area contributed by atoms with Crippen LogP contribution in [0.5, 0.6) is 5.75 Å². The highest BCUT2D eigenvalue weighted by atomic mass is 16.5. The fraction of sp³-hybridized carbons (Fsp3) is 0.292. The number of imide groups is 1. The molecule has 1 N–H and O–H groups in total. The highest BCUT2D eigenvalue weighted by molar-refractivity contribution is 6.22. The number of amides is 3. The lowest BCUT2D eigenvalue weighted by Gasteiger charge is -2.17. The van der Waals surface area contributed by atoms with E-state index in [1.54, 1.807) is 55.6 Å². The standard InChI is InChI=1S/C24H22N2O4/c1-30-19-10-6-17(7-11-19)25-20(27)12-14-2-8-18(9-3-14)26-23(28)21-15-4-5-16(13-15)22(21)24(26)29/h2-11,15-16,21-22H,12-13H2,1H3,(H,25,27). The predicted molar refractivity (Wildman–Crippen MR) is 112 cm³/mol. The Morgan fingerprint density at radius 3 is 2.13 bits per heavy atom. The number of hydrogen-bond acceptors (Lipinski definition) is 4. The normalized spacial score (nSPS) is 26.2. The second kappa shape index (κ2) is 7.13. The third-order valence-electron chi connectivity index (χ3n) is 6.40. The molecule has 6 nitrogen and oxygen atoms in total. The van der Waals surface area contributed by atoms with E-state index in [2.05, 4.69) is 17.5 Å². The Kier molecular flexibility index (Phi) is 4.42. The first kappa shape index (κ1) is 18.6. The number of nitrogens with zero attached hydrogens (tertiary/aromatic N) is 1. The van der Waals surface area contributed by atoms with Crippen molar-refractivity contribution in [3.63, 3.8) is 0 Å². The van der Waals surface area contributed by atoms with Crippen molar-refractivity contribution in [1.29, 1.82) is 0 Å². The SMILES string of the molecule is COc1ccc(NC(=O)Cc2ccc(N3C(=O)C4C5C=CC(C5)C4C3=O)cc2)cc1. The van der Waals surface area contributed by atoms with Crippen LogP contribution < -0.4 is 15.0 Å². The molecule has 5 rings (SSSR count). The molecule has 0 radical (unpaired) electrons. The number of carbonyl (C=O) groups is 3. The van der Waals surface area contributed by atoms with E-state index in [1.165, 1.54) is 4.90 Å². The molecule has 2 aliphatic carbocycles. The van der Waals surface area contributed by atoms with E-state index in [0.717, 1.165) is 17.7 Å². The molecular formula is C24H22N2O4. The maximum atomic E-state index is 12.9. The fourth-order valence-corrected chi connectivity index (χ4v) is 4.98. The van der Waals surface area contributed by atoms with Crippen LogP contribution in [-0.4, -0.2) is 24.8 Å². The molecule has 4 unspecified atom stereocenters. The first-order chi connectivity index (χ1) is 14.5. The lowest BCUT2D eigenvalue weighted by atomic mass is 9.85. The van der Waals surface area contributed by atoms with Crippen molar-refractivity contribution < 1.29 is 19.1 Å². The molecule has 1 aliphatic heterocycles. The summed E-state index contributed by atoms with van der Waals surface area (Å²) >= 11 is 0. The summed E-state index contributed by atoms with van der Waals surface area (Å²) < 4.78 is 5.11. The number of fused-ring (bicyclic) bond motifs is 5. The molecule has 3 aliphatic rings. The van der Waals surface area contributed by atoms with Crippen LogP contribution in [0.1, 0.15) is 12.0 Å². The van der Waals surface area contributed by atoms with Crippen LogP contribution in [-0.2, 0) is 20.8 Å². The summed E-state index contributed by atoms with van der Waals surface area (Å²) in [6.45, 7) is 0. The lowest BCUT2D eigenvalue weighted by molar-refractivity contribution is -0.123. The molecule has 30 heavy (non-hydrogen) atoms. The Hall–Kier alpha value is -3.41. The highest BCUT2D eigenvalue weighted by Crippen LogP contribution is 2.53. The van der Waals surface area contributed by atoms with Gasteiger partial charge in [-0.05, 0) is 60.2 Å². The van der Waals surface area contributed by atoms with Crippen LogP contribution in [0.3, 0.4) is 0 Å². The zero-order valence-corrected chi connectivity index (χ0v) is 16.6.